The van der Waals surface area contributed by atoms with Gasteiger partial charge in [-0.25, -0.2) is 0 Å². The molecule has 1 atom stereocenters. The Kier molecular flexibility index (Phi) is 6.10. The minimum absolute atomic E-state index is 0.0311. The summed E-state index contributed by atoms with van der Waals surface area (Å²) in [5.41, 5.74) is 3.60. The van der Waals surface area contributed by atoms with Gasteiger partial charge in [0.1, 0.15) is 0 Å². The van der Waals surface area contributed by atoms with E-state index in [9.17, 15) is 14.9 Å². The number of amides is 2. The Morgan fingerprint density at radius 3 is 2.57 bits per heavy atom. The van der Waals surface area contributed by atoms with Gasteiger partial charge in [-0.1, -0.05) is 30.3 Å². The van der Waals surface area contributed by atoms with Gasteiger partial charge in [-0.15, -0.1) is 0 Å². The Balaban J connectivity index is 1.30. The fourth-order valence-corrected chi connectivity index (χ4v) is 4.18. The number of nitriles is 1. The number of carbonyl (C=O) groups is 2. The van der Waals surface area contributed by atoms with Crippen LogP contribution in [0.5, 0.6) is 0 Å². The number of benzene rings is 2. The summed E-state index contributed by atoms with van der Waals surface area (Å²) in [4.78, 5) is 28.7. The van der Waals surface area contributed by atoms with Crippen LogP contribution in [0.1, 0.15) is 40.2 Å². The fraction of sp³-hybridized carbons (Fsp3) is 0.375. The van der Waals surface area contributed by atoms with Gasteiger partial charge in [-0.05, 0) is 48.7 Å². The highest BCUT2D eigenvalue weighted by molar-refractivity contribution is 5.98. The lowest BCUT2D eigenvalue weighted by atomic mass is 9.97. The number of piperazine rings is 1. The quantitative estimate of drug-likeness (QED) is 0.834. The number of hydrogen-bond acceptors (Lipinski definition) is 4. The predicted molar refractivity (Wildman–Crippen MR) is 115 cm³/mol. The monoisotopic (exact) mass is 402 g/mol. The first-order chi connectivity index (χ1) is 14.6. The molecule has 30 heavy (non-hydrogen) atoms. The van der Waals surface area contributed by atoms with E-state index in [0.29, 0.717) is 31.5 Å². The van der Waals surface area contributed by atoms with Crippen LogP contribution in [0, 0.1) is 11.3 Å². The van der Waals surface area contributed by atoms with Crippen molar-refractivity contribution in [1.82, 2.24) is 9.80 Å². The average Bonchev–Trinajstić information content (AvgIpc) is 2.80. The number of nitrogens with one attached hydrogen (secondary N) is 1. The van der Waals surface area contributed by atoms with Crippen molar-refractivity contribution in [3.05, 3.63) is 65.2 Å². The largest absolute Gasteiger partial charge is 0.336 e. The lowest BCUT2D eigenvalue weighted by Crippen LogP contribution is -2.49. The number of anilines is 1. The van der Waals surface area contributed by atoms with E-state index >= 15 is 0 Å². The SMILES string of the molecule is N#CC(CCN1CCN(C(=O)c2ccc3c(c2)CCC(=O)N3)CC1)c1ccccc1. The van der Waals surface area contributed by atoms with E-state index in [4.69, 9.17) is 0 Å². The molecule has 1 N–H and O–H groups in total. The second-order valence-corrected chi connectivity index (χ2v) is 7.93. The van der Waals surface area contributed by atoms with Gasteiger partial charge in [0, 0.05) is 43.9 Å². The second kappa shape index (κ2) is 9.10. The van der Waals surface area contributed by atoms with E-state index < -0.39 is 0 Å². The summed E-state index contributed by atoms with van der Waals surface area (Å²) < 4.78 is 0. The third kappa shape index (κ3) is 4.52. The van der Waals surface area contributed by atoms with Crippen molar-refractivity contribution in [2.75, 3.05) is 38.0 Å². The van der Waals surface area contributed by atoms with Crippen LogP contribution in [0.15, 0.2) is 48.5 Å². The summed E-state index contributed by atoms with van der Waals surface area (Å²) in [6.07, 6.45) is 1.94. The van der Waals surface area contributed by atoms with Crippen LogP contribution in [0.4, 0.5) is 5.69 Å². The van der Waals surface area contributed by atoms with E-state index in [1.165, 1.54) is 0 Å². The molecule has 2 aromatic carbocycles. The lowest BCUT2D eigenvalue weighted by Gasteiger charge is -2.35. The van der Waals surface area contributed by atoms with Crippen molar-refractivity contribution < 1.29 is 9.59 Å². The summed E-state index contributed by atoms with van der Waals surface area (Å²) in [6.45, 7) is 3.87. The number of carbonyl (C=O) groups excluding carboxylic acids is 2. The van der Waals surface area contributed by atoms with Crippen molar-refractivity contribution in [3.63, 3.8) is 0 Å². The molecule has 2 amide bonds. The van der Waals surface area contributed by atoms with Crippen LogP contribution in [0.25, 0.3) is 0 Å². The lowest BCUT2D eigenvalue weighted by molar-refractivity contribution is -0.116. The third-order valence-corrected chi connectivity index (χ3v) is 6.00. The molecule has 1 fully saturated rings. The molecule has 2 aliphatic rings. The van der Waals surface area contributed by atoms with Crippen molar-refractivity contribution in [3.8, 4) is 6.07 Å². The molecule has 2 heterocycles. The first-order valence-electron chi connectivity index (χ1n) is 10.5. The molecular weight excluding hydrogens is 376 g/mol. The van der Waals surface area contributed by atoms with Gasteiger partial charge >= 0.3 is 0 Å². The molecule has 0 spiro atoms. The minimum atomic E-state index is -0.0955. The average molecular weight is 402 g/mol. The highest BCUT2D eigenvalue weighted by Gasteiger charge is 2.24. The van der Waals surface area contributed by atoms with Crippen LogP contribution in [0.3, 0.4) is 0 Å². The van der Waals surface area contributed by atoms with Crippen molar-refractivity contribution in [1.29, 1.82) is 5.26 Å². The molecule has 1 saturated heterocycles. The summed E-state index contributed by atoms with van der Waals surface area (Å²) in [6, 6.07) is 17.9. The summed E-state index contributed by atoms with van der Waals surface area (Å²) in [5, 5.41) is 12.4. The van der Waals surface area contributed by atoms with Crippen molar-refractivity contribution in [2.24, 2.45) is 0 Å². The molecule has 2 aliphatic heterocycles. The number of rotatable bonds is 5. The molecule has 154 valence electrons. The summed E-state index contributed by atoms with van der Waals surface area (Å²) in [5.74, 6) is -0.0148. The van der Waals surface area contributed by atoms with Crippen LogP contribution in [0.2, 0.25) is 0 Å². The van der Waals surface area contributed by atoms with E-state index in [1.54, 1.807) is 6.07 Å². The normalized spacial score (nSPS) is 17.6. The molecule has 6 heteroatoms. The molecule has 0 aliphatic carbocycles. The molecule has 0 bridgehead atoms. The molecule has 0 aromatic heterocycles. The maximum atomic E-state index is 12.9. The number of nitrogens with zero attached hydrogens (tertiary/aromatic N) is 3. The fourth-order valence-electron chi connectivity index (χ4n) is 4.18. The standard InChI is InChI=1S/C24H26N4O2/c25-17-21(18-4-2-1-3-5-18)10-11-27-12-14-28(15-13-27)24(30)20-6-8-22-19(16-20)7-9-23(29)26-22/h1-6,8,16,21H,7,9-15H2,(H,26,29). The van der Waals surface area contributed by atoms with Gasteiger partial charge in [0.05, 0.1) is 12.0 Å². The highest BCUT2D eigenvalue weighted by Crippen LogP contribution is 2.24. The van der Waals surface area contributed by atoms with E-state index in [1.807, 2.05) is 47.4 Å². The molecule has 0 radical (unpaired) electrons. The minimum Gasteiger partial charge on any atom is -0.336 e. The Labute approximate surface area is 177 Å². The van der Waals surface area contributed by atoms with Crippen LogP contribution < -0.4 is 5.32 Å². The van der Waals surface area contributed by atoms with Gasteiger partial charge in [0.15, 0.2) is 0 Å². The summed E-state index contributed by atoms with van der Waals surface area (Å²) in [7, 11) is 0. The van der Waals surface area contributed by atoms with Crippen molar-refractivity contribution >= 4 is 17.5 Å². The third-order valence-electron chi connectivity index (χ3n) is 6.00. The zero-order valence-electron chi connectivity index (χ0n) is 17.0. The molecule has 4 rings (SSSR count). The predicted octanol–water partition coefficient (Wildman–Crippen LogP) is 3.03. The second-order valence-electron chi connectivity index (χ2n) is 7.93. The Morgan fingerprint density at radius 2 is 1.83 bits per heavy atom. The molecule has 1 unspecified atom stereocenters. The van der Waals surface area contributed by atoms with Crippen LogP contribution >= 0.6 is 0 Å². The van der Waals surface area contributed by atoms with Gasteiger partial charge < -0.3 is 10.2 Å². The van der Waals surface area contributed by atoms with Gasteiger partial charge in [-0.3, -0.25) is 14.5 Å². The van der Waals surface area contributed by atoms with Gasteiger partial charge in [0.25, 0.3) is 5.91 Å². The molecule has 0 saturated carbocycles. The first kappa shape index (κ1) is 20.1. The zero-order chi connectivity index (χ0) is 20.9. The van der Waals surface area contributed by atoms with E-state index in [2.05, 4.69) is 16.3 Å². The maximum absolute atomic E-state index is 12.9. The Bertz CT molecular complexity index is 959. The molecule has 6 nitrogen and oxygen atoms in total. The smallest absolute Gasteiger partial charge is 0.253 e. The Morgan fingerprint density at radius 1 is 1.07 bits per heavy atom. The van der Waals surface area contributed by atoms with E-state index in [0.717, 1.165) is 42.9 Å². The van der Waals surface area contributed by atoms with Gasteiger partial charge in [-0.2, -0.15) is 5.26 Å². The number of hydrogen-bond donors (Lipinski definition) is 1. The van der Waals surface area contributed by atoms with Crippen LogP contribution in [-0.4, -0.2) is 54.3 Å². The van der Waals surface area contributed by atoms with Crippen molar-refractivity contribution in [2.45, 2.75) is 25.2 Å². The van der Waals surface area contributed by atoms with Crippen LogP contribution in [-0.2, 0) is 11.2 Å². The Hall–Kier alpha value is -3.17. The number of fused-ring (bicyclic) bond motifs is 1. The first-order valence-corrected chi connectivity index (χ1v) is 10.5. The highest BCUT2D eigenvalue weighted by atomic mass is 16.2. The van der Waals surface area contributed by atoms with E-state index in [-0.39, 0.29) is 17.7 Å². The van der Waals surface area contributed by atoms with Gasteiger partial charge in [0.2, 0.25) is 5.91 Å². The maximum Gasteiger partial charge on any atom is 0.253 e. The topological polar surface area (TPSA) is 76.4 Å². The molecular formula is C24H26N4O2. The number of aryl methyl sites for hydroxylation is 1. The molecule has 2 aromatic rings. The zero-order valence-corrected chi connectivity index (χ0v) is 17.0. The summed E-state index contributed by atoms with van der Waals surface area (Å²) >= 11 is 0.